The molecular weight excluding hydrogens is 402 g/mol. The van der Waals surface area contributed by atoms with Gasteiger partial charge in [-0.05, 0) is 41.8 Å². The van der Waals surface area contributed by atoms with E-state index in [0.29, 0.717) is 18.8 Å². The molecule has 7 nitrogen and oxygen atoms in total. The van der Waals surface area contributed by atoms with Crippen molar-refractivity contribution in [2.75, 3.05) is 46.4 Å². The number of nitrogens with zero attached hydrogens (tertiary/aromatic N) is 3. The van der Waals surface area contributed by atoms with Crippen LogP contribution in [0.25, 0.3) is 10.2 Å². The Kier molecular flexibility index (Phi) is 5.67. The van der Waals surface area contributed by atoms with E-state index in [4.69, 9.17) is 14.2 Å². The van der Waals surface area contributed by atoms with Gasteiger partial charge in [0.1, 0.15) is 11.3 Å². The number of fused-ring (bicyclic) bond motifs is 2. The highest BCUT2D eigenvalue weighted by Gasteiger charge is 2.24. The molecule has 2 heterocycles. The van der Waals surface area contributed by atoms with Crippen LogP contribution >= 0.6 is 11.3 Å². The number of hydrogen-bond donors (Lipinski definition) is 0. The van der Waals surface area contributed by atoms with E-state index in [1.54, 1.807) is 32.7 Å². The second kappa shape index (κ2) is 8.39. The average Bonchev–Trinajstić information content (AvgIpc) is 3.22. The lowest BCUT2D eigenvalue weighted by Crippen LogP contribution is -2.41. The van der Waals surface area contributed by atoms with Gasteiger partial charge in [-0.3, -0.25) is 4.79 Å². The molecule has 0 bridgehead atoms. The fourth-order valence-electron chi connectivity index (χ4n) is 3.71. The predicted octanol–water partition coefficient (Wildman–Crippen LogP) is 3.34. The molecule has 1 aliphatic heterocycles. The molecule has 8 heteroatoms. The first-order chi connectivity index (χ1) is 14.5. The first kappa shape index (κ1) is 20.3. The summed E-state index contributed by atoms with van der Waals surface area (Å²) in [6.45, 7) is 1.52. The van der Waals surface area contributed by atoms with Crippen LogP contribution in [-0.4, -0.2) is 57.3 Å². The first-order valence-corrected chi connectivity index (χ1v) is 10.5. The molecule has 0 saturated heterocycles. The van der Waals surface area contributed by atoms with Crippen molar-refractivity contribution in [3.8, 4) is 17.2 Å². The van der Waals surface area contributed by atoms with E-state index in [-0.39, 0.29) is 12.5 Å². The smallest absolute Gasteiger partial charge is 0.242 e. The molecule has 0 fully saturated rings. The van der Waals surface area contributed by atoms with E-state index in [1.807, 2.05) is 47.2 Å². The van der Waals surface area contributed by atoms with E-state index in [1.165, 1.54) is 5.56 Å². The number of amides is 1. The Morgan fingerprint density at radius 2 is 1.80 bits per heavy atom. The molecule has 4 rings (SSSR count). The summed E-state index contributed by atoms with van der Waals surface area (Å²) in [7, 11) is 6.79. The number of likely N-dealkylation sites (N-methyl/N-ethyl adjacent to an activating group) is 1. The summed E-state index contributed by atoms with van der Waals surface area (Å²) in [5, 5.41) is 0.798. The zero-order chi connectivity index (χ0) is 21.3. The highest BCUT2D eigenvalue weighted by atomic mass is 32.1. The molecule has 30 heavy (non-hydrogen) atoms. The van der Waals surface area contributed by atoms with Gasteiger partial charge in [0.2, 0.25) is 5.91 Å². The maximum absolute atomic E-state index is 13.0. The number of para-hydroxylation sites is 1. The fourth-order valence-corrected chi connectivity index (χ4v) is 4.65. The van der Waals surface area contributed by atoms with Crippen LogP contribution in [0.15, 0.2) is 30.3 Å². The number of hydrogen-bond acceptors (Lipinski definition) is 7. The molecule has 0 N–H and O–H groups in total. The average molecular weight is 428 g/mol. The lowest BCUT2D eigenvalue weighted by Gasteiger charge is -2.31. The van der Waals surface area contributed by atoms with Gasteiger partial charge in [-0.2, -0.15) is 0 Å². The van der Waals surface area contributed by atoms with Gasteiger partial charge >= 0.3 is 0 Å². The number of ether oxygens (including phenoxy) is 3. The quantitative estimate of drug-likeness (QED) is 0.601. The van der Waals surface area contributed by atoms with Crippen LogP contribution in [-0.2, 0) is 17.8 Å². The molecule has 0 saturated carbocycles. The van der Waals surface area contributed by atoms with Crippen LogP contribution in [0.3, 0.4) is 0 Å². The fraction of sp³-hybridized carbons (Fsp3) is 0.364. The number of aromatic nitrogens is 1. The maximum Gasteiger partial charge on any atom is 0.242 e. The zero-order valence-corrected chi connectivity index (χ0v) is 18.4. The van der Waals surface area contributed by atoms with Crippen LogP contribution in [0.1, 0.15) is 11.1 Å². The number of anilines is 1. The monoisotopic (exact) mass is 427 g/mol. The van der Waals surface area contributed by atoms with Gasteiger partial charge in [-0.25, -0.2) is 4.98 Å². The maximum atomic E-state index is 13.0. The Bertz CT molecular complexity index is 1080. The Morgan fingerprint density at radius 1 is 1.10 bits per heavy atom. The highest BCUT2D eigenvalue weighted by molar-refractivity contribution is 7.22. The molecule has 1 aliphatic rings. The third-order valence-electron chi connectivity index (χ3n) is 5.36. The molecular formula is C22H25N3O4S. The number of methoxy groups -OCH3 is 3. The third-order valence-corrected chi connectivity index (χ3v) is 6.50. The summed E-state index contributed by atoms with van der Waals surface area (Å²) >= 11 is 1.55. The molecule has 1 amide bonds. The minimum Gasteiger partial charge on any atom is -0.494 e. The van der Waals surface area contributed by atoms with E-state index in [2.05, 4.69) is 4.98 Å². The summed E-state index contributed by atoms with van der Waals surface area (Å²) < 4.78 is 17.2. The van der Waals surface area contributed by atoms with Gasteiger partial charge < -0.3 is 24.0 Å². The van der Waals surface area contributed by atoms with Gasteiger partial charge in [0, 0.05) is 20.1 Å². The van der Waals surface area contributed by atoms with Crippen molar-refractivity contribution < 1.29 is 19.0 Å². The summed E-state index contributed by atoms with van der Waals surface area (Å²) in [6, 6.07) is 9.83. The summed E-state index contributed by atoms with van der Waals surface area (Å²) in [4.78, 5) is 21.5. The van der Waals surface area contributed by atoms with Gasteiger partial charge in [0.05, 0.1) is 32.6 Å². The third kappa shape index (κ3) is 3.75. The van der Waals surface area contributed by atoms with Crippen LogP contribution in [0.2, 0.25) is 0 Å². The number of carbonyl (C=O) groups excluding carboxylic acids is 1. The van der Waals surface area contributed by atoms with Crippen LogP contribution in [0, 0.1) is 0 Å². The van der Waals surface area contributed by atoms with Gasteiger partial charge in [-0.15, -0.1) is 0 Å². The van der Waals surface area contributed by atoms with Crippen molar-refractivity contribution in [1.82, 2.24) is 9.88 Å². The van der Waals surface area contributed by atoms with E-state index >= 15 is 0 Å². The molecule has 1 aromatic heterocycles. The summed E-state index contributed by atoms with van der Waals surface area (Å²) in [6.07, 6.45) is 0.795. The molecule has 2 aromatic carbocycles. The lowest BCUT2D eigenvalue weighted by molar-refractivity contribution is -0.130. The standard InChI is InChI=1S/C22H25N3O4S/c1-24(22-23-21-16(27-2)6-5-7-19(21)30-22)13-20(26)25-9-8-14-10-17(28-3)18(29-4)11-15(14)12-25/h5-7,10-11H,8-9,12-13H2,1-4H3. The second-order valence-electron chi connectivity index (χ2n) is 7.20. The Balaban J connectivity index is 1.48. The van der Waals surface area contributed by atoms with Crippen LogP contribution in [0.5, 0.6) is 17.2 Å². The van der Waals surface area contributed by atoms with Crippen molar-refractivity contribution in [2.24, 2.45) is 0 Å². The molecule has 0 spiro atoms. The van der Waals surface area contributed by atoms with E-state index in [9.17, 15) is 4.79 Å². The molecule has 0 unspecified atom stereocenters. The normalized spacial score (nSPS) is 13.1. The van der Waals surface area contributed by atoms with Crippen molar-refractivity contribution in [3.05, 3.63) is 41.5 Å². The molecule has 0 aliphatic carbocycles. The molecule has 3 aromatic rings. The van der Waals surface area contributed by atoms with Crippen LogP contribution < -0.4 is 19.1 Å². The minimum atomic E-state index is 0.0733. The minimum absolute atomic E-state index is 0.0733. The Hall–Kier alpha value is -3.00. The topological polar surface area (TPSA) is 64.1 Å². The predicted molar refractivity (Wildman–Crippen MR) is 118 cm³/mol. The number of carbonyl (C=O) groups is 1. The highest BCUT2D eigenvalue weighted by Crippen LogP contribution is 2.35. The SMILES string of the molecule is COc1cc2c(cc1OC)CN(C(=O)CN(C)c1nc3c(OC)cccc3s1)CC2. The largest absolute Gasteiger partial charge is 0.494 e. The number of rotatable bonds is 6. The van der Waals surface area contributed by atoms with E-state index < -0.39 is 0 Å². The second-order valence-corrected chi connectivity index (χ2v) is 8.21. The van der Waals surface area contributed by atoms with Gasteiger partial charge in [0.25, 0.3) is 0 Å². The zero-order valence-electron chi connectivity index (χ0n) is 17.6. The summed E-state index contributed by atoms with van der Waals surface area (Å²) in [5.41, 5.74) is 3.12. The molecule has 158 valence electrons. The first-order valence-electron chi connectivity index (χ1n) is 9.70. The van der Waals surface area contributed by atoms with Gasteiger partial charge in [-0.1, -0.05) is 17.4 Å². The van der Waals surface area contributed by atoms with E-state index in [0.717, 1.165) is 38.8 Å². The Morgan fingerprint density at radius 3 is 2.50 bits per heavy atom. The van der Waals surface area contributed by atoms with Crippen LogP contribution in [0.4, 0.5) is 5.13 Å². The van der Waals surface area contributed by atoms with Crippen molar-refractivity contribution in [3.63, 3.8) is 0 Å². The number of benzene rings is 2. The van der Waals surface area contributed by atoms with Crippen molar-refractivity contribution in [2.45, 2.75) is 13.0 Å². The lowest BCUT2D eigenvalue weighted by atomic mass is 9.98. The Labute approximate surface area is 179 Å². The van der Waals surface area contributed by atoms with Crippen molar-refractivity contribution in [1.29, 1.82) is 0 Å². The van der Waals surface area contributed by atoms with Crippen molar-refractivity contribution >= 4 is 32.6 Å². The van der Waals surface area contributed by atoms with Gasteiger partial charge in [0.15, 0.2) is 16.6 Å². The summed E-state index contributed by atoms with van der Waals surface area (Å²) in [5.74, 6) is 2.23. The number of thiazole rings is 1. The molecule has 0 atom stereocenters. The molecule has 0 radical (unpaired) electrons.